The maximum atomic E-state index is 12.3. The van der Waals surface area contributed by atoms with Crippen LogP contribution in [0.15, 0.2) is 47.4 Å². The molecule has 0 heterocycles. The van der Waals surface area contributed by atoms with Gasteiger partial charge in [-0.15, -0.1) is 0 Å². The van der Waals surface area contributed by atoms with Crippen molar-refractivity contribution in [1.82, 2.24) is 0 Å². The molecule has 0 aliphatic heterocycles. The van der Waals surface area contributed by atoms with E-state index in [1.165, 1.54) is 44.6 Å². The summed E-state index contributed by atoms with van der Waals surface area (Å²) in [6, 6.07) is 11.4. The topological polar surface area (TPSA) is 86.7 Å². The van der Waals surface area contributed by atoms with Crippen molar-refractivity contribution in [2.75, 3.05) is 0 Å². The van der Waals surface area contributed by atoms with Crippen molar-refractivity contribution in [3.63, 3.8) is 0 Å². The minimum absolute atomic E-state index is 0. The predicted molar refractivity (Wildman–Crippen MR) is 113 cm³/mol. The predicted octanol–water partition coefficient (Wildman–Crippen LogP) is 2.88. The fraction of sp³-hybridized carbons (Fsp3) is 0.478. The van der Waals surface area contributed by atoms with E-state index in [1.54, 1.807) is 36.4 Å². The van der Waals surface area contributed by atoms with Crippen molar-refractivity contribution in [3.05, 3.63) is 48.0 Å². The fourth-order valence-corrected chi connectivity index (χ4v) is 4.03. The Morgan fingerprint density at radius 2 is 1.47 bits per heavy atom. The Hall–Kier alpha value is -0.414. The Labute approximate surface area is 223 Å². The van der Waals surface area contributed by atoms with Crippen molar-refractivity contribution in [2.24, 2.45) is 0 Å². The number of ether oxygens (including phenoxy) is 1. The summed E-state index contributed by atoms with van der Waals surface area (Å²) in [5, 5.41) is 12.3. The van der Waals surface area contributed by atoms with Crippen LogP contribution in [0, 0.1) is 0 Å². The largest absolute Gasteiger partial charge is 1.00 e. The number of benzene rings is 2. The molecule has 0 fully saturated rings. The molecular weight excluding hydrogens is 427 g/mol. The van der Waals surface area contributed by atoms with E-state index in [9.17, 15) is 18.1 Å². The number of para-hydroxylation sites is 1. The molecule has 0 amide bonds. The van der Waals surface area contributed by atoms with Gasteiger partial charge in [0.15, 0.2) is 0 Å². The molecule has 0 saturated carbocycles. The summed E-state index contributed by atoms with van der Waals surface area (Å²) < 4.78 is 38.4. The molecule has 2 aromatic rings. The van der Waals surface area contributed by atoms with E-state index >= 15 is 0 Å². The second-order valence-electron chi connectivity index (χ2n) is 7.39. The van der Waals surface area contributed by atoms with Crippen LogP contribution in [-0.4, -0.2) is 13.0 Å². The number of rotatable bonds is 13. The van der Waals surface area contributed by atoms with Crippen LogP contribution < -0.4 is 61.2 Å². The smallest absolute Gasteiger partial charge is 0.871 e. The van der Waals surface area contributed by atoms with Crippen molar-refractivity contribution in [2.45, 2.75) is 76.0 Å². The third-order valence-electron chi connectivity index (χ3n) is 4.88. The van der Waals surface area contributed by atoms with Gasteiger partial charge >= 0.3 is 51.4 Å². The van der Waals surface area contributed by atoms with Crippen molar-refractivity contribution in [3.8, 4) is 17.2 Å². The quantitative estimate of drug-likeness (QED) is 0.283. The van der Waals surface area contributed by atoms with E-state index in [1.807, 2.05) is 0 Å². The molecule has 0 aromatic heterocycles. The summed E-state index contributed by atoms with van der Waals surface area (Å²) in [5.74, 6) is -0.471. The number of hydrogen-bond donors (Lipinski definition) is 1. The van der Waals surface area contributed by atoms with Crippen molar-refractivity contribution < 1.29 is 74.2 Å². The van der Waals surface area contributed by atoms with Gasteiger partial charge in [0.05, 0.1) is 0 Å². The normalized spacial score (nSPS) is 11.1. The molecule has 160 valence electrons. The molecule has 2 aromatic carbocycles. The van der Waals surface area contributed by atoms with Crippen LogP contribution in [0.4, 0.5) is 0 Å². The van der Waals surface area contributed by atoms with Crippen LogP contribution in [0.3, 0.4) is 0 Å². The Bertz CT molecular complexity index is 853. The van der Waals surface area contributed by atoms with Crippen molar-refractivity contribution >= 4 is 10.1 Å². The molecule has 0 aliphatic rings. The van der Waals surface area contributed by atoms with Gasteiger partial charge in [-0.1, -0.05) is 88.3 Å². The van der Waals surface area contributed by atoms with Gasteiger partial charge in [0.25, 0.3) is 10.1 Å². The van der Waals surface area contributed by atoms with Crippen LogP contribution in [0.2, 0.25) is 0 Å². The van der Waals surface area contributed by atoms with E-state index in [-0.39, 0.29) is 57.1 Å². The number of unbranched alkanes of at least 4 members (excludes halogenated alkanes) is 8. The fourth-order valence-electron chi connectivity index (χ4n) is 3.36. The zero-order valence-corrected chi connectivity index (χ0v) is 22.0. The van der Waals surface area contributed by atoms with Gasteiger partial charge in [-0.05, 0) is 36.6 Å². The third-order valence-corrected chi connectivity index (χ3v) is 5.80. The van der Waals surface area contributed by atoms with Crippen LogP contribution >= 0.6 is 0 Å². The Morgan fingerprint density at radius 3 is 2.03 bits per heavy atom. The molecule has 0 atom stereocenters. The molecule has 2 rings (SSSR count). The average Bonchev–Trinajstić information content (AvgIpc) is 2.66. The first-order valence-electron chi connectivity index (χ1n) is 10.5. The minimum atomic E-state index is -4.68. The summed E-state index contributed by atoms with van der Waals surface area (Å²) in [7, 11) is -4.68. The van der Waals surface area contributed by atoms with Crippen molar-refractivity contribution in [1.29, 1.82) is 0 Å². The first kappa shape index (κ1) is 27.6. The molecule has 0 unspecified atom stereocenters. The second kappa shape index (κ2) is 14.6. The van der Waals surface area contributed by atoms with Gasteiger partial charge in [0.2, 0.25) is 0 Å². The van der Waals surface area contributed by atoms with Crippen LogP contribution in [0.5, 0.6) is 17.2 Å². The van der Waals surface area contributed by atoms with E-state index in [0.29, 0.717) is 12.2 Å². The molecule has 0 radical (unpaired) electrons. The molecule has 7 heteroatoms. The Morgan fingerprint density at radius 1 is 0.900 bits per heavy atom. The first-order valence-corrected chi connectivity index (χ1v) is 11.9. The van der Waals surface area contributed by atoms with Crippen LogP contribution in [0.25, 0.3) is 0 Å². The molecule has 5 nitrogen and oxygen atoms in total. The molecule has 1 N–H and O–H groups in total. The summed E-state index contributed by atoms with van der Waals surface area (Å²) in [6.07, 6.45) is 11.5. The first-order chi connectivity index (χ1) is 13.9. The minimum Gasteiger partial charge on any atom is -0.871 e. The van der Waals surface area contributed by atoms with E-state index < -0.39 is 20.8 Å². The molecule has 0 saturated heterocycles. The van der Waals surface area contributed by atoms with Gasteiger partial charge in [-0.2, -0.15) is 8.42 Å². The van der Waals surface area contributed by atoms with Gasteiger partial charge in [0.1, 0.15) is 16.4 Å². The van der Waals surface area contributed by atoms with Gasteiger partial charge in [0, 0.05) is 0 Å². The van der Waals surface area contributed by atoms with Crippen LogP contribution in [-0.2, 0) is 16.5 Å². The molecule has 0 bridgehead atoms. The maximum Gasteiger partial charge on any atom is 1.00 e. The maximum absolute atomic E-state index is 12.3. The standard InChI is InChI=1S/C23H32O5S.K/c1-2-3-4-5-6-7-8-9-11-14-19-17-21(24)23(29(25,26)27)22(18-19)28-20-15-12-10-13-16-20;/h10,12-13,15-18,24H,2-9,11,14H2,1H3,(H,25,26,27);/q;+1/p-1. The summed E-state index contributed by atoms with van der Waals surface area (Å²) in [6.45, 7) is 2.21. The Kier molecular flexibility index (Phi) is 13.5. The number of hydrogen-bond acceptors (Lipinski definition) is 4. The van der Waals surface area contributed by atoms with Gasteiger partial charge < -0.3 is 9.84 Å². The third kappa shape index (κ3) is 9.81. The molecular formula is C23H31KO5S. The monoisotopic (exact) mass is 458 g/mol. The van der Waals surface area contributed by atoms with E-state index in [2.05, 4.69) is 6.92 Å². The summed E-state index contributed by atoms with van der Waals surface area (Å²) in [4.78, 5) is -0.711. The Balaban J connectivity index is 0.00000450. The second-order valence-corrected chi connectivity index (χ2v) is 8.75. The summed E-state index contributed by atoms with van der Waals surface area (Å²) in [5.41, 5.74) is 0.719. The molecule has 30 heavy (non-hydrogen) atoms. The molecule has 0 spiro atoms. The van der Waals surface area contributed by atoms with Gasteiger partial charge in [-0.3, -0.25) is 4.55 Å². The zero-order chi connectivity index (χ0) is 21.1. The zero-order valence-electron chi connectivity index (χ0n) is 18.1. The summed E-state index contributed by atoms with van der Waals surface area (Å²) >= 11 is 0. The van der Waals surface area contributed by atoms with E-state index in [4.69, 9.17) is 4.74 Å². The van der Waals surface area contributed by atoms with E-state index in [0.717, 1.165) is 24.8 Å². The average molecular weight is 459 g/mol. The van der Waals surface area contributed by atoms with Gasteiger partial charge in [-0.25, -0.2) is 0 Å². The van der Waals surface area contributed by atoms with Crippen LogP contribution in [0.1, 0.15) is 70.3 Å². The molecule has 0 aliphatic carbocycles. The SMILES string of the molecule is CCCCCCCCCCCc1cc([O-])c(S(=O)(=O)O)c(Oc2ccccc2)c1.[K+]. The number of aryl methyl sites for hydroxylation is 1.